The third-order valence-electron chi connectivity index (χ3n) is 4.03. The number of carbonyl (C=O) groups excluding carboxylic acids is 1. The quantitative estimate of drug-likeness (QED) is 0.790. The molecule has 1 saturated carbocycles. The second-order valence-electron chi connectivity index (χ2n) is 8.14. The van der Waals surface area contributed by atoms with Crippen molar-refractivity contribution in [2.45, 2.75) is 92.0 Å². The van der Waals surface area contributed by atoms with Crippen LogP contribution in [0, 0.1) is 10.8 Å². The van der Waals surface area contributed by atoms with Gasteiger partial charge in [-0.3, -0.25) is 4.79 Å². The van der Waals surface area contributed by atoms with Crippen molar-refractivity contribution in [3.05, 3.63) is 0 Å². The predicted octanol–water partition coefficient (Wildman–Crippen LogP) is 4.68. The summed E-state index contributed by atoms with van der Waals surface area (Å²) in [6.45, 7) is 10.8. The smallest absolute Gasteiger partial charge is 0.225 e. The molecule has 0 bridgehead atoms. The number of rotatable bonds is 3. The minimum Gasteiger partial charge on any atom is -0.353 e. The van der Waals surface area contributed by atoms with Gasteiger partial charge in [-0.1, -0.05) is 66.7 Å². The van der Waals surface area contributed by atoms with Crippen LogP contribution in [0.1, 0.15) is 86.0 Å². The van der Waals surface area contributed by atoms with Gasteiger partial charge in [0.25, 0.3) is 0 Å². The van der Waals surface area contributed by atoms with Gasteiger partial charge in [0.1, 0.15) is 0 Å². The van der Waals surface area contributed by atoms with Gasteiger partial charge in [-0.2, -0.15) is 0 Å². The monoisotopic (exact) mass is 267 g/mol. The molecule has 0 heterocycles. The molecule has 0 atom stereocenters. The number of hydrogen-bond acceptors (Lipinski definition) is 1. The zero-order chi connectivity index (χ0) is 14.5. The van der Waals surface area contributed by atoms with E-state index in [1.165, 1.54) is 32.1 Å². The number of nitrogens with one attached hydrogen (secondary N) is 1. The average Bonchev–Trinajstić information content (AvgIpc) is 2.17. The molecule has 112 valence electrons. The molecule has 0 aliphatic heterocycles. The fraction of sp³-hybridized carbons (Fsp3) is 0.941. The molecule has 0 aromatic heterocycles. The molecule has 1 amide bonds. The van der Waals surface area contributed by atoms with Crippen molar-refractivity contribution in [1.29, 1.82) is 0 Å². The molecule has 0 aromatic carbocycles. The minimum atomic E-state index is -0.263. The molecule has 0 saturated heterocycles. The van der Waals surface area contributed by atoms with E-state index in [9.17, 15) is 4.79 Å². The Morgan fingerprint density at radius 1 is 0.947 bits per heavy atom. The summed E-state index contributed by atoms with van der Waals surface area (Å²) in [4.78, 5) is 12.5. The molecule has 1 rings (SSSR count). The van der Waals surface area contributed by atoms with Gasteiger partial charge in [-0.05, 0) is 24.7 Å². The number of hydrogen-bond donors (Lipinski definition) is 1. The molecule has 1 aliphatic carbocycles. The molecule has 2 nitrogen and oxygen atoms in total. The van der Waals surface area contributed by atoms with Crippen LogP contribution >= 0.6 is 0 Å². The molecule has 0 aromatic rings. The van der Waals surface area contributed by atoms with Crippen molar-refractivity contribution in [3.8, 4) is 0 Å². The third-order valence-corrected chi connectivity index (χ3v) is 4.03. The Kier molecular flexibility index (Phi) is 5.88. The van der Waals surface area contributed by atoms with Crippen molar-refractivity contribution >= 4 is 5.91 Å². The Morgan fingerprint density at radius 2 is 1.42 bits per heavy atom. The predicted molar refractivity (Wildman–Crippen MR) is 82.1 cm³/mol. The molecule has 19 heavy (non-hydrogen) atoms. The number of carbonyl (C=O) groups is 1. The molecule has 0 unspecified atom stereocenters. The lowest BCUT2D eigenvalue weighted by Crippen LogP contribution is -2.44. The van der Waals surface area contributed by atoms with Crippen LogP contribution in [0.5, 0.6) is 0 Å². The number of amides is 1. The van der Waals surface area contributed by atoms with Crippen molar-refractivity contribution in [2.24, 2.45) is 10.8 Å². The van der Waals surface area contributed by atoms with Crippen molar-refractivity contribution in [3.63, 3.8) is 0 Å². The lowest BCUT2D eigenvalue weighted by Gasteiger charge is -2.33. The van der Waals surface area contributed by atoms with Crippen LogP contribution < -0.4 is 5.32 Å². The molecule has 2 heteroatoms. The van der Waals surface area contributed by atoms with Crippen LogP contribution in [0.2, 0.25) is 0 Å². The van der Waals surface area contributed by atoms with E-state index in [1.807, 2.05) is 0 Å². The van der Waals surface area contributed by atoms with E-state index in [0.29, 0.717) is 6.04 Å². The van der Waals surface area contributed by atoms with Crippen LogP contribution in [0.4, 0.5) is 0 Å². The SMILES string of the molecule is CC(C)(C)CC(C)(C)C(=O)NC1CCCCCCC1. The fourth-order valence-electron chi connectivity index (χ4n) is 3.39. The summed E-state index contributed by atoms with van der Waals surface area (Å²) in [5, 5.41) is 3.31. The highest BCUT2D eigenvalue weighted by atomic mass is 16.2. The zero-order valence-electron chi connectivity index (χ0n) is 13.6. The molecule has 0 spiro atoms. The Morgan fingerprint density at radius 3 is 1.89 bits per heavy atom. The van der Waals surface area contributed by atoms with Gasteiger partial charge in [0.15, 0.2) is 0 Å². The summed E-state index contributed by atoms with van der Waals surface area (Å²) >= 11 is 0. The molecular weight excluding hydrogens is 234 g/mol. The van der Waals surface area contributed by atoms with Gasteiger partial charge in [0.2, 0.25) is 5.91 Å². The van der Waals surface area contributed by atoms with Crippen LogP contribution in [-0.2, 0) is 4.79 Å². The van der Waals surface area contributed by atoms with E-state index in [0.717, 1.165) is 19.3 Å². The van der Waals surface area contributed by atoms with E-state index < -0.39 is 0 Å². The Bertz CT molecular complexity index is 280. The van der Waals surface area contributed by atoms with Gasteiger partial charge in [0, 0.05) is 11.5 Å². The summed E-state index contributed by atoms with van der Waals surface area (Å²) in [6.07, 6.45) is 9.83. The van der Waals surface area contributed by atoms with Gasteiger partial charge < -0.3 is 5.32 Å². The average molecular weight is 267 g/mol. The maximum absolute atomic E-state index is 12.5. The summed E-state index contributed by atoms with van der Waals surface area (Å²) in [5.74, 6) is 0.244. The van der Waals surface area contributed by atoms with Crippen LogP contribution in [0.15, 0.2) is 0 Å². The summed E-state index contributed by atoms with van der Waals surface area (Å²) in [7, 11) is 0. The summed E-state index contributed by atoms with van der Waals surface area (Å²) in [6, 6.07) is 0.409. The second-order valence-corrected chi connectivity index (χ2v) is 8.14. The Hall–Kier alpha value is -0.530. The zero-order valence-corrected chi connectivity index (χ0v) is 13.6. The third kappa shape index (κ3) is 6.44. The Labute approximate surface area is 119 Å². The normalized spacial score (nSPS) is 19.6. The van der Waals surface area contributed by atoms with Gasteiger partial charge in [-0.25, -0.2) is 0 Å². The Balaban J connectivity index is 2.51. The van der Waals surface area contributed by atoms with E-state index in [-0.39, 0.29) is 16.7 Å². The fourth-order valence-corrected chi connectivity index (χ4v) is 3.39. The highest BCUT2D eigenvalue weighted by Gasteiger charge is 2.33. The highest BCUT2D eigenvalue weighted by Crippen LogP contribution is 2.33. The highest BCUT2D eigenvalue weighted by molar-refractivity contribution is 5.82. The standard InChI is InChI=1S/C17H33NO/c1-16(2,3)13-17(4,5)15(19)18-14-11-9-7-6-8-10-12-14/h14H,6-13H2,1-5H3,(H,18,19). The van der Waals surface area contributed by atoms with Crippen molar-refractivity contribution in [2.75, 3.05) is 0 Å². The van der Waals surface area contributed by atoms with Gasteiger partial charge >= 0.3 is 0 Å². The van der Waals surface area contributed by atoms with E-state index in [4.69, 9.17) is 0 Å². The summed E-state index contributed by atoms with van der Waals surface area (Å²) in [5.41, 5.74) is -0.0671. The maximum atomic E-state index is 12.5. The first-order valence-electron chi connectivity index (χ1n) is 8.02. The first-order valence-corrected chi connectivity index (χ1v) is 8.02. The molecule has 1 N–H and O–H groups in total. The van der Waals surface area contributed by atoms with E-state index in [2.05, 4.69) is 39.9 Å². The van der Waals surface area contributed by atoms with Crippen LogP contribution in [-0.4, -0.2) is 11.9 Å². The lowest BCUT2D eigenvalue weighted by atomic mass is 9.75. The van der Waals surface area contributed by atoms with E-state index >= 15 is 0 Å². The molecule has 1 aliphatic rings. The van der Waals surface area contributed by atoms with Gasteiger partial charge in [-0.15, -0.1) is 0 Å². The second kappa shape index (κ2) is 6.76. The first-order chi connectivity index (χ1) is 8.71. The van der Waals surface area contributed by atoms with Crippen LogP contribution in [0.3, 0.4) is 0 Å². The first kappa shape index (κ1) is 16.5. The molecular formula is C17H33NO. The minimum absolute atomic E-state index is 0.196. The largest absolute Gasteiger partial charge is 0.353 e. The maximum Gasteiger partial charge on any atom is 0.225 e. The molecule has 1 fully saturated rings. The van der Waals surface area contributed by atoms with Gasteiger partial charge in [0.05, 0.1) is 0 Å². The summed E-state index contributed by atoms with van der Waals surface area (Å²) < 4.78 is 0. The van der Waals surface area contributed by atoms with Crippen LogP contribution in [0.25, 0.3) is 0 Å². The topological polar surface area (TPSA) is 29.1 Å². The van der Waals surface area contributed by atoms with E-state index in [1.54, 1.807) is 0 Å². The van der Waals surface area contributed by atoms with Crippen molar-refractivity contribution in [1.82, 2.24) is 5.32 Å². The molecule has 0 radical (unpaired) electrons. The lowest BCUT2D eigenvalue weighted by molar-refractivity contribution is -0.131. The van der Waals surface area contributed by atoms with Crippen molar-refractivity contribution < 1.29 is 4.79 Å².